The van der Waals surface area contributed by atoms with Crippen molar-refractivity contribution in [3.8, 4) is 5.75 Å². The monoisotopic (exact) mass is 348 g/mol. The molecule has 2 N–H and O–H groups in total. The zero-order valence-electron chi connectivity index (χ0n) is 13.5. The summed E-state index contributed by atoms with van der Waals surface area (Å²) in [5, 5.41) is 11.4. The van der Waals surface area contributed by atoms with E-state index in [1.54, 1.807) is 0 Å². The highest BCUT2D eigenvalue weighted by atomic mass is 19.4. The SMILES string of the molecule is Cc1c(NC(=O)N(C)CC(C)C(=O)O)cccc1OCC(F)(F)F. The average molecular weight is 348 g/mol. The molecule has 24 heavy (non-hydrogen) atoms. The highest BCUT2D eigenvalue weighted by Gasteiger charge is 2.28. The molecule has 0 aliphatic rings. The molecule has 2 amide bonds. The number of carboxylic acids is 1. The molecule has 0 fully saturated rings. The number of nitrogens with zero attached hydrogens (tertiary/aromatic N) is 1. The van der Waals surface area contributed by atoms with Crippen LogP contribution in [0.2, 0.25) is 0 Å². The molecule has 0 aliphatic heterocycles. The molecule has 134 valence electrons. The van der Waals surface area contributed by atoms with Crippen LogP contribution in [0.3, 0.4) is 0 Å². The van der Waals surface area contributed by atoms with Gasteiger partial charge in [-0.25, -0.2) is 4.79 Å². The van der Waals surface area contributed by atoms with E-state index in [2.05, 4.69) is 5.32 Å². The predicted molar refractivity (Wildman–Crippen MR) is 81.2 cm³/mol. The number of anilines is 1. The molecule has 1 atom stereocenters. The summed E-state index contributed by atoms with van der Waals surface area (Å²) >= 11 is 0. The van der Waals surface area contributed by atoms with Gasteiger partial charge in [-0.1, -0.05) is 13.0 Å². The van der Waals surface area contributed by atoms with E-state index in [1.807, 2.05) is 0 Å². The molecule has 1 aromatic rings. The Bertz CT molecular complexity index is 605. The molecule has 0 saturated heterocycles. The van der Waals surface area contributed by atoms with Crippen LogP contribution < -0.4 is 10.1 Å². The smallest absolute Gasteiger partial charge is 0.422 e. The number of rotatable bonds is 6. The molecule has 0 bridgehead atoms. The molecule has 1 aromatic carbocycles. The summed E-state index contributed by atoms with van der Waals surface area (Å²) in [6.07, 6.45) is -4.46. The first-order valence-corrected chi connectivity index (χ1v) is 7.05. The largest absolute Gasteiger partial charge is 0.484 e. The van der Waals surface area contributed by atoms with Crippen molar-refractivity contribution in [2.24, 2.45) is 5.92 Å². The first-order chi connectivity index (χ1) is 11.0. The molecule has 0 radical (unpaired) electrons. The zero-order valence-corrected chi connectivity index (χ0v) is 13.5. The van der Waals surface area contributed by atoms with E-state index in [-0.39, 0.29) is 18.0 Å². The van der Waals surface area contributed by atoms with Crippen LogP contribution >= 0.6 is 0 Å². The Hall–Kier alpha value is -2.45. The van der Waals surface area contributed by atoms with Gasteiger partial charge in [0.25, 0.3) is 0 Å². The molecule has 0 aliphatic carbocycles. The number of hydrogen-bond donors (Lipinski definition) is 2. The van der Waals surface area contributed by atoms with Gasteiger partial charge in [0.05, 0.1) is 5.92 Å². The number of nitrogens with one attached hydrogen (secondary N) is 1. The van der Waals surface area contributed by atoms with Crippen LogP contribution in [-0.2, 0) is 4.79 Å². The number of amides is 2. The number of halogens is 3. The van der Waals surface area contributed by atoms with E-state index < -0.39 is 30.7 Å². The quantitative estimate of drug-likeness (QED) is 0.828. The van der Waals surface area contributed by atoms with Gasteiger partial charge >= 0.3 is 18.2 Å². The second kappa shape index (κ2) is 7.89. The summed E-state index contributed by atoms with van der Waals surface area (Å²) in [5.74, 6) is -1.77. The molecule has 0 spiro atoms. The van der Waals surface area contributed by atoms with Crippen molar-refractivity contribution < 1.29 is 32.6 Å². The maximum absolute atomic E-state index is 12.2. The summed E-state index contributed by atoms with van der Waals surface area (Å²) in [5.41, 5.74) is 0.629. The third-order valence-corrected chi connectivity index (χ3v) is 3.23. The lowest BCUT2D eigenvalue weighted by Gasteiger charge is -2.21. The van der Waals surface area contributed by atoms with Crippen LogP contribution in [0.25, 0.3) is 0 Å². The van der Waals surface area contributed by atoms with Gasteiger partial charge in [-0.05, 0) is 19.1 Å². The molecule has 1 unspecified atom stereocenters. The Morgan fingerprint density at radius 1 is 1.38 bits per heavy atom. The molecule has 1 rings (SSSR count). The van der Waals surface area contributed by atoms with E-state index in [1.165, 1.54) is 44.0 Å². The minimum atomic E-state index is -4.46. The van der Waals surface area contributed by atoms with Gasteiger partial charge in [0.1, 0.15) is 5.75 Å². The van der Waals surface area contributed by atoms with Crippen molar-refractivity contribution in [1.82, 2.24) is 4.90 Å². The van der Waals surface area contributed by atoms with Crippen molar-refractivity contribution in [3.63, 3.8) is 0 Å². The van der Waals surface area contributed by atoms with E-state index in [9.17, 15) is 22.8 Å². The number of urea groups is 1. The Balaban J connectivity index is 2.77. The first-order valence-electron chi connectivity index (χ1n) is 7.05. The van der Waals surface area contributed by atoms with Crippen LogP contribution in [0.5, 0.6) is 5.75 Å². The number of aliphatic carboxylic acids is 1. The molecule has 0 saturated carbocycles. The zero-order chi connectivity index (χ0) is 18.5. The van der Waals surface area contributed by atoms with Crippen molar-refractivity contribution in [1.29, 1.82) is 0 Å². The molecular formula is C15H19F3N2O4. The Morgan fingerprint density at radius 3 is 2.54 bits per heavy atom. The normalized spacial score (nSPS) is 12.4. The summed E-state index contributed by atoms with van der Waals surface area (Å²) in [4.78, 5) is 24.0. The fraction of sp³-hybridized carbons (Fsp3) is 0.467. The lowest BCUT2D eigenvalue weighted by Crippen LogP contribution is -2.36. The lowest BCUT2D eigenvalue weighted by molar-refractivity contribution is -0.153. The number of carbonyl (C=O) groups excluding carboxylic acids is 1. The third-order valence-electron chi connectivity index (χ3n) is 3.23. The van der Waals surface area contributed by atoms with Gasteiger partial charge < -0.3 is 20.1 Å². The Kier molecular flexibility index (Phi) is 6.44. The van der Waals surface area contributed by atoms with Crippen molar-refractivity contribution >= 4 is 17.7 Å². The average Bonchev–Trinajstić information content (AvgIpc) is 2.46. The maximum Gasteiger partial charge on any atom is 0.422 e. The fourth-order valence-corrected chi connectivity index (χ4v) is 1.85. The standard InChI is InChI=1S/C15H19F3N2O4/c1-9(13(21)22)7-20(3)14(23)19-11-5-4-6-12(10(11)2)24-8-15(16,17)18/h4-6,9H,7-8H2,1-3H3,(H,19,23)(H,21,22). The van der Waals surface area contributed by atoms with Gasteiger partial charge in [-0.3, -0.25) is 4.79 Å². The lowest BCUT2D eigenvalue weighted by atomic mass is 10.1. The Morgan fingerprint density at radius 2 is 2.00 bits per heavy atom. The van der Waals surface area contributed by atoms with Crippen molar-refractivity contribution in [2.45, 2.75) is 20.0 Å². The van der Waals surface area contributed by atoms with Crippen LogP contribution in [0.1, 0.15) is 12.5 Å². The molecule has 6 nitrogen and oxygen atoms in total. The number of ether oxygens (including phenoxy) is 1. The summed E-state index contributed by atoms with van der Waals surface area (Å²) in [6.45, 7) is 1.54. The highest BCUT2D eigenvalue weighted by Crippen LogP contribution is 2.27. The molecule has 9 heteroatoms. The second-order valence-corrected chi connectivity index (χ2v) is 5.38. The van der Waals surface area contributed by atoms with Crippen molar-refractivity contribution in [2.75, 3.05) is 25.5 Å². The van der Waals surface area contributed by atoms with Gasteiger partial charge in [-0.2, -0.15) is 13.2 Å². The summed E-state index contributed by atoms with van der Waals surface area (Å²) in [7, 11) is 1.42. The molecule has 0 aromatic heterocycles. The minimum absolute atomic E-state index is 0.00619. The number of carboxylic acid groups (broad SMARTS) is 1. The fourth-order valence-electron chi connectivity index (χ4n) is 1.85. The minimum Gasteiger partial charge on any atom is -0.484 e. The van der Waals surface area contributed by atoms with Crippen molar-refractivity contribution in [3.05, 3.63) is 23.8 Å². The Labute approximate surface area is 137 Å². The maximum atomic E-state index is 12.2. The number of alkyl halides is 3. The van der Waals surface area contributed by atoms with Gasteiger partial charge in [0.15, 0.2) is 6.61 Å². The van der Waals surface area contributed by atoms with Gasteiger partial charge in [0.2, 0.25) is 0 Å². The summed E-state index contributed by atoms with van der Waals surface area (Å²) in [6, 6.07) is 3.77. The first kappa shape index (κ1) is 19.6. The van der Waals surface area contributed by atoms with E-state index in [4.69, 9.17) is 9.84 Å². The van der Waals surface area contributed by atoms with Crippen LogP contribution in [0.4, 0.5) is 23.7 Å². The predicted octanol–water partition coefficient (Wildman–Crippen LogP) is 3.12. The van der Waals surface area contributed by atoms with E-state index in [0.29, 0.717) is 5.56 Å². The number of benzene rings is 1. The van der Waals surface area contributed by atoms with Crippen LogP contribution in [0.15, 0.2) is 18.2 Å². The van der Waals surface area contributed by atoms with Gasteiger partial charge in [-0.15, -0.1) is 0 Å². The van der Waals surface area contributed by atoms with Crippen LogP contribution in [0, 0.1) is 12.8 Å². The third kappa shape index (κ3) is 5.98. The topological polar surface area (TPSA) is 78.9 Å². The van der Waals surface area contributed by atoms with Crippen LogP contribution in [-0.4, -0.2) is 48.4 Å². The number of hydrogen-bond acceptors (Lipinski definition) is 3. The second-order valence-electron chi connectivity index (χ2n) is 5.38. The number of carbonyl (C=O) groups is 2. The molecular weight excluding hydrogens is 329 g/mol. The highest BCUT2D eigenvalue weighted by molar-refractivity contribution is 5.90. The summed E-state index contributed by atoms with van der Waals surface area (Å²) < 4.78 is 41.4. The van der Waals surface area contributed by atoms with E-state index >= 15 is 0 Å². The molecule has 0 heterocycles. The van der Waals surface area contributed by atoms with E-state index in [0.717, 1.165) is 0 Å². The van der Waals surface area contributed by atoms with Gasteiger partial charge in [0, 0.05) is 24.8 Å².